The smallest absolute Gasteiger partial charge is 0.320 e. The zero-order valence-corrected chi connectivity index (χ0v) is 11.1. The van der Waals surface area contributed by atoms with Crippen LogP contribution in [0.5, 0.6) is 0 Å². The summed E-state index contributed by atoms with van der Waals surface area (Å²) in [6.45, 7) is 2.69. The Kier molecular flexibility index (Phi) is 4.94. The first-order valence-corrected chi connectivity index (χ1v) is 7.64. The minimum atomic E-state index is -3.01. The van der Waals surface area contributed by atoms with Crippen molar-refractivity contribution >= 4 is 21.8 Å². The number of urea groups is 1. The molecular weight excluding hydrogens is 260 g/mol. The monoisotopic (exact) mass is 278 g/mol. The van der Waals surface area contributed by atoms with Gasteiger partial charge in [-0.2, -0.15) is 0 Å². The van der Waals surface area contributed by atoms with Crippen molar-refractivity contribution in [2.75, 3.05) is 37.7 Å². The van der Waals surface area contributed by atoms with Crippen LogP contribution in [0.1, 0.15) is 13.3 Å². The SMILES string of the molecule is CCN(CCC(=O)O)C(=O)N1CCS(=O)(=O)CC1. The van der Waals surface area contributed by atoms with Gasteiger partial charge in [-0.3, -0.25) is 4.79 Å². The van der Waals surface area contributed by atoms with Crippen LogP contribution in [0.3, 0.4) is 0 Å². The summed E-state index contributed by atoms with van der Waals surface area (Å²) in [4.78, 5) is 25.4. The number of aliphatic carboxylic acids is 1. The van der Waals surface area contributed by atoms with Crippen LogP contribution < -0.4 is 0 Å². The number of nitrogens with zero attached hydrogens (tertiary/aromatic N) is 2. The van der Waals surface area contributed by atoms with E-state index in [1.54, 1.807) is 6.92 Å². The van der Waals surface area contributed by atoms with E-state index in [1.165, 1.54) is 9.80 Å². The lowest BCUT2D eigenvalue weighted by atomic mass is 10.4. The number of rotatable bonds is 4. The van der Waals surface area contributed by atoms with E-state index in [9.17, 15) is 18.0 Å². The van der Waals surface area contributed by atoms with Gasteiger partial charge >= 0.3 is 12.0 Å². The number of carbonyl (C=O) groups excluding carboxylic acids is 1. The largest absolute Gasteiger partial charge is 0.481 e. The van der Waals surface area contributed by atoms with Crippen LogP contribution in [-0.4, -0.2) is 73.0 Å². The molecule has 0 aliphatic carbocycles. The molecule has 1 heterocycles. The Bertz CT molecular complexity index is 406. The molecule has 1 N–H and O–H groups in total. The number of amides is 2. The Hall–Kier alpha value is -1.31. The predicted molar refractivity (Wildman–Crippen MR) is 65.1 cm³/mol. The Labute approximate surface area is 106 Å². The molecule has 0 aromatic rings. The zero-order chi connectivity index (χ0) is 13.8. The van der Waals surface area contributed by atoms with Crippen LogP contribution in [0.2, 0.25) is 0 Å². The van der Waals surface area contributed by atoms with Crippen molar-refractivity contribution in [1.82, 2.24) is 9.80 Å². The molecule has 1 fully saturated rings. The first-order valence-electron chi connectivity index (χ1n) is 5.82. The number of sulfone groups is 1. The summed E-state index contributed by atoms with van der Waals surface area (Å²) in [5.41, 5.74) is 0. The van der Waals surface area contributed by atoms with Gasteiger partial charge in [-0.15, -0.1) is 0 Å². The molecule has 1 saturated heterocycles. The van der Waals surface area contributed by atoms with Gasteiger partial charge in [0.1, 0.15) is 0 Å². The molecular formula is C10H18N2O5S. The second kappa shape index (κ2) is 6.03. The summed E-state index contributed by atoms with van der Waals surface area (Å²) in [7, 11) is -3.01. The van der Waals surface area contributed by atoms with Crippen molar-refractivity contribution < 1.29 is 23.1 Å². The van der Waals surface area contributed by atoms with Crippen LogP contribution in [-0.2, 0) is 14.6 Å². The number of carboxylic acids is 1. The summed E-state index contributed by atoms with van der Waals surface area (Å²) in [5.74, 6) is -0.993. The van der Waals surface area contributed by atoms with Crippen LogP contribution >= 0.6 is 0 Å². The molecule has 1 aliphatic heterocycles. The fourth-order valence-electron chi connectivity index (χ4n) is 1.72. The predicted octanol–water partition coefficient (Wildman–Crippen LogP) is -0.367. The number of hydrogen-bond acceptors (Lipinski definition) is 4. The molecule has 0 saturated carbocycles. The molecule has 0 atom stereocenters. The van der Waals surface area contributed by atoms with Crippen molar-refractivity contribution in [3.05, 3.63) is 0 Å². The number of carbonyl (C=O) groups is 2. The molecule has 0 aromatic carbocycles. The Morgan fingerprint density at radius 3 is 2.28 bits per heavy atom. The molecule has 1 rings (SSSR count). The lowest BCUT2D eigenvalue weighted by Gasteiger charge is -2.32. The van der Waals surface area contributed by atoms with Gasteiger partial charge in [0.05, 0.1) is 17.9 Å². The second-order valence-corrected chi connectivity index (χ2v) is 6.45. The first-order chi connectivity index (χ1) is 8.35. The molecule has 2 amide bonds. The highest BCUT2D eigenvalue weighted by Gasteiger charge is 2.27. The van der Waals surface area contributed by atoms with Gasteiger partial charge in [-0.25, -0.2) is 13.2 Å². The summed E-state index contributed by atoms with van der Waals surface area (Å²) in [6, 6.07) is -0.284. The zero-order valence-electron chi connectivity index (χ0n) is 10.3. The summed E-state index contributed by atoms with van der Waals surface area (Å²) in [6.07, 6.45) is -0.105. The average Bonchev–Trinajstić information content (AvgIpc) is 2.29. The fraction of sp³-hybridized carbons (Fsp3) is 0.800. The van der Waals surface area contributed by atoms with Crippen LogP contribution in [0.4, 0.5) is 4.79 Å². The van der Waals surface area contributed by atoms with E-state index in [0.717, 1.165) is 0 Å². The van der Waals surface area contributed by atoms with E-state index in [-0.39, 0.29) is 43.6 Å². The first kappa shape index (κ1) is 14.7. The van der Waals surface area contributed by atoms with Gasteiger partial charge in [0, 0.05) is 26.2 Å². The molecule has 0 aromatic heterocycles. The quantitative estimate of drug-likeness (QED) is 0.757. The Balaban J connectivity index is 2.54. The topological polar surface area (TPSA) is 95.0 Å². The van der Waals surface area contributed by atoms with Gasteiger partial charge in [0.15, 0.2) is 9.84 Å². The van der Waals surface area contributed by atoms with E-state index < -0.39 is 15.8 Å². The fourth-order valence-corrected chi connectivity index (χ4v) is 2.92. The van der Waals surface area contributed by atoms with Crippen molar-refractivity contribution in [3.63, 3.8) is 0 Å². The molecule has 18 heavy (non-hydrogen) atoms. The summed E-state index contributed by atoms with van der Waals surface area (Å²) < 4.78 is 22.5. The molecule has 7 nitrogen and oxygen atoms in total. The van der Waals surface area contributed by atoms with Gasteiger partial charge in [-0.05, 0) is 6.92 Å². The van der Waals surface area contributed by atoms with E-state index in [2.05, 4.69) is 0 Å². The normalized spacial score (nSPS) is 18.4. The Morgan fingerprint density at radius 2 is 1.83 bits per heavy atom. The number of carboxylic acid groups (broad SMARTS) is 1. The van der Waals surface area contributed by atoms with Crippen molar-refractivity contribution in [3.8, 4) is 0 Å². The highest BCUT2D eigenvalue weighted by molar-refractivity contribution is 7.91. The lowest BCUT2D eigenvalue weighted by molar-refractivity contribution is -0.137. The van der Waals surface area contributed by atoms with Crippen LogP contribution in [0, 0.1) is 0 Å². The molecule has 0 bridgehead atoms. The molecule has 0 spiro atoms. The highest BCUT2D eigenvalue weighted by Crippen LogP contribution is 2.07. The third-order valence-electron chi connectivity index (χ3n) is 2.86. The second-order valence-electron chi connectivity index (χ2n) is 4.14. The molecule has 104 valence electrons. The van der Waals surface area contributed by atoms with E-state index in [1.807, 2.05) is 0 Å². The van der Waals surface area contributed by atoms with Crippen molar-refractivity contribution in [2.45, 2.75) is 13.3 Å². The average molecular weight is 278 g/mol. The molecule has 1 aliphatic rings. The maximum Gasteiger partial charge on any atom is 0.320 e. The van der Waals surface area contributed by atoms with Gasteiger partial charge < -0.3 is 14.9 Å². The highest BCUT2D eigenvalue weighted by atomic mass is 32.2. The van der Waals surface area contributed by atoms with Gasteiger partial charge in [0.25, 0.3) is 0 Å². The molecule has 8 heteroatoms. The maximum atomic E-state index is 12.0. The molecule has 0 radical (unpaired) electrons. The lowest BCUT2D eigenvalue weighted by Crippen LogP contribution is -2.50. The summed E-state index contributed by atoms with van der Waals surface area (Å²) >= 11 is 0. The maximum absolute atomic E-state index is 12.0. The van der Waals surface area contributed by atoms with Crippen molar-refractivity contribution in [1.29, 1.82) is 0 Å². The van der Waals surface area contributed by atoms with Crippen LogP contribution in [0.15, 0.2) is 0 Å². The third-order valence-corrected chi connectivity index (χ3v) is 4.47. The number of hydrogen-bond donors (Lipinski definition) is 1. The van der Waals surface area contributed by atoms with Crippen LogP contribution in [0.25, 0.3) is 0 Å². The minimum absolute atomic E-state index is 0.0186. The Morgan fingerprint density at radius 1 is 1.28 bits per heavy atom. The van der Waals surface area contributed by atoms with Gasteiger partial charge in [0.2, 0.25) is 0 Å². The third kappa shape index (κ3) is 4.17. The minimum Gasteiger partial charge on any atom is -0.481 e. The van der Waals surface area contributed by atoms with E-state index in [4.69, 9.17) is 5.11 Å². The summed E-state index contributed by atoms with van der Waals surface area (Å²) in [5, 5.41) is 8.59. The standard InChI is InChI=1S/C10H18N2O5S/c1-2-11(4-3-9(13)14)10(15)12-5-7-18(16,17)8-6-12/h2-8H2,1H3,(H,13,14). The van der Waals surface area contributed by atoms with Crippen molar-refractivity contribution in [2.24, 2.45) is 0 Å². The molecule has 0 unspecified atom stereocenters. The van der Waals surface area contributed by atoms with Gasteiger partial charge in [-0.1, -0.05) is 0 Å². The van der Waals surface area contributed by atoms with E-state index >= 15 is 0 Å². The van der Waals surface area contributed by atoms with E-state index in [0.29, 0.717) is 6.54 Å².